The van der Waals surface area contributed by atoms with Crippen molar-refractivity contribution in [2.45, 2.75) is 13.3 Å². The van der Waals surface area contributed by atoms with Gasteiger partial charge < -0.3 is 19.9 Å². The average molecular weight is 266 g/mol. The van der Waals surface area contributed by atoms with E-state index in [-0.39, 0.29) is 11.3 Å². The Hall–Kier alpha value is -1.82. The standard InChI is InChI=1S/C13H18N2O4/c1-2-18-13(16)10-5-12(15-6-11(10)14)19-8-9-3-4-17-7-9/h5-6,9H,2-4,7-8,14H2,1H3. The lowest BCUT2D eigenvalue weighted by molar-refractivity contribution is 0.0526. The van der Waals surface area contributed by atoms with Crippen molar-refractivity contribution in [2.24, 2.45) is 5.92 Å². The summed E-state index contributed by atoms with van der Waals surface area (Å²) in [4.78, 5) is 15.7. The number of ether oxygens (including phenoxy) is 3. The van der Waals surface area contributed by atoms with Crippen LogP contribution in [0.15, 0.2) is 12.3 Å². The van der Waals surface area contributed by atoms with Crippen molar-refractivity contribution in [1.82, 2.24) is 4.98 Å². The SMILES string of the molecule is CCOC(=O)c1cc(OCC2CCOC2)ncc1N. The molecule has 0 radical (unpaired) electrons. The Morgan fingerprint density at radius 3 is 3.16 bits per heavy atom. The molecule has 19 heavy (non-hydrogen) atoms. The van der Waals surface area contributed by atoms with Gasteiger partial charge in [0.15, 0.2) is 0 Å². The zero-order valence-corrected chi connectivity index (χ0v) is 10.9. The normalized spacial score (nSPS) is 18.3. The summed E-state index contributed by atoms with van der Waals surface area (Å²) in [5, 5.41) is 0. The minimum atomic E-state index is -0.462. The smallest absolute Gasteiger partial charge is 0.340 e. The lowest BCUT2D eigenvalue weighted by Gasteiger charge is -2.11. The summed E-state index contributed by atoms with van der Waals surface area (Å²) in [5.41, 5.74) is 6.27. The monoisotopic (exact) mass is 266 g/mol. The summed E-state index contributed by atoms with van der Waals surface area (Å²) < 4.78 is 15.7. The maximum Gasteiger partial charge on any atom is 0.340 e. The van der Waals surface area contributed by atoms with Crippen LogP contribution >= 0.6 is 0 Å². The zero-order valence-electron chi connectivity index (χ0n) is 10.9. The fourth-order valence-electron chi connectivity index (χ4n) is 1.83. The third kappa shape index (κ3) is 3.57. The van der Waals surface area contributed by atoms with Crippen LogP contribution in [-0.4, -0.2) is 37.4 Å². The number of anilines is 1. The van der Waals surface area contributed by atoms with Crippen LogP contribution in [0.4, 0.5) is 5.69 Å². The van der Waals surface area contributed by atoms with Gasteiger partial charge in [0.1, 0.15) is 0 Å². The zero-order chi connectivity index (χ0) is 13.7. The van der Waals surface area contributed by atoms with Crippen LogP contribution < -0.4 is 10.5 Å². The predicted molar refractivity (Wildman–Crippen MR) is 69.0 cm³/mol. The molecule has 1 unspecified atom stereocenters. The molecule has 1 atom stereocenters. The van der Waals surface area contributed by atoms with Gasteiger partial charge in [-0.15, -0.1) is 0 Å². The van der Waals surface area contributed by atoms with E-state index >= 15 is 0 Å². The molecule has 104 valence electrons. The van der Waals surface area contributed by atoms with Crippen LogP contribution in [-0.2, 0) is 9.47 Å². The van der Waals surface area contributed by atoms with Gasteiger partial charge in [0.25, 0.3) is 0 Å². The molecule has 0 spiro atoms. The number of esters is 1. The third-order valence-electron chi connectivity index (χ3n) is 2.90. The second-order valence-electron chi connectivity index (χ2n) is 4.37. The number of nitrogens with two attached hydrogens (primary N) is 1. The lowest BCUT2D eigenvalue weighted by atomic mass is 10.1. The summed E-state index contributed by atoms with van der Waals surface area (Å²) in [7, 11) is 0. The van der Waals surface area contributed by atoms with Gasteiger partial charge in [-0.3, -0.25) is 0 Å². The summed E-state index contributed by atoms with van der Waals surface area (Å²) in [6.45, 7) is 4.05. The summed E-state index contributed by atoms with van der Waals surface area (Å²) in [5.74, 6) is 0.297. The first-order chi connectivity index (χ1) is 9.20. The number of carbonyl (C=O) groups excluding carboxylic acids is 1. The Kier molecular flexibility index (Phi) is 4.57. The highest BCUT2D eigenvalue weighted by molar-refractivity contribution is 5.95. The van der Waals surface area contributed by atoms with E-state index in [9.17, 15) is 4.79 Å². The number of aromatic nitrogens is 1. The minimum absolute atomic E-state index is 0.287. The number of rotatable bonds is 5. The molecule has 1 aromatic heterocycles. The van der Waals surface area contributed by atoms with Crippen LogP contribution in [0.1, 0.15) is 23.7 Å². The Morgan fingerprint density at radius 2 is 2.47 bits per heavy atom. The molecule has 0 aliphatic carbocycles. The molecule has 6 heteroatoms. The van der Waals surface area contributed by atoms with E-state index < -0.39 is 5.97 Å². The third-order valence-corrected chi connectivity index (χ3v) is 2.90. The van der Waals surface area contributed by atoms with E-state index in [1.54, 1.807) is 6.92 Å². The van der Waals surface area contributed by atoms with Gasteiger partial charge in [-0.05, 0) is 13.3 Å². The molecule has 0 aromatic carbocycles. The Bertz CT molecular complexity index is 444. The highest BCUT2D eigenvalue weighted by Crippen LogP contribution is 2.19. The fourth-order valence-corrected chi connectivity index (χ4v) is 1.83. The molecule has 2 rings (SSSR count). The van der Waals surface area contributed by atoms with Crippen LogP contribution in [0.5, 0.6) is 5.88 Å². The lowest BCUT2D eigenvalue weighted by Crippen LogP contribution is -2.14. The molecular formula is C13H18N2O4. The second-order valence-corrected chi connectivity index (χ2v) is 4.37. The number of pyridine rings is 1. The maximum absolute atomic E-state index is 11.7. The van der Waals surface area contributed by atoms with Gasteiger partial charge in [-0.25, -0.2) is 9.78 Å². The molecular weight excluding hydrogens is 248 g/mol. The summed E-state index contributed by atoms with van der Waals surface area (Å²) in [6.07, 6.45) is 2.40. The van der Waals surface area contributed by atoms with Crippen molar-refractivity contribution in [1.29, 1.82) is 0 Å². The highest BCUT2D eigenvalue weighted by Gasteiger charge is 2.18. The first-order valence-corrected chi connectivity index (χ1v) is 6.34. The van der Waals surface area contributed by atoms with Gasteiger partial charge >= 0.3 is 5.97 Å². The molecule has 1 aliphatic rings. The maximum atomic E-state index is 11.7. The molecule has 0 saturated carbocycles. The van der Waals surface area contributed by atoms with Crippen LogP contribution in [0, 0.1) is 5.92 Å². The Labute approximate surface area is 111 Å². The molecule has 1 aromatic rings. The van der Waals surface area contributed by atoms with Crippen LogP contribution in [0.3, 0.4) is 0 Å². The highest BCUT2D eigenvalue weighted by atomic mass is 16.5. The average Bonchev–Trinajstić information content (AvgIpc) is 2.91. The number of carbonyl (C=O) groups is 1. The molecule has 2 N–H and O–H groups in total. The van der Waals surface area contributed by atoms with Crippen molar-refractivity contribution in [3.05, 3.63) is 17.8 Å². The van der Waals surface area contributed by atoms with E-state index in [4.69, 9.17) is 19.9 Å². The minimum Gasteiger partial charge on any atom is -0.477 e. The van der Waals surface area contributed by atoms with Crippen molar-refractivity contribution in [2.75, 3.05) is 32.2 Å². The molecule has 0 amide bonds. The van der Waals surface area contributed by atoms with Crippen molar-refractivity contribution in [3.8, 4) is 5.88 Å². The molecule has 0 bridgehead atoms. The predicted octanol–water partition coefficient (Wildman–Crippen LogP) is 1.26. The van der Waals surface area contributed by atoms with E-state index in [0.29, 0.717) is 31.6 Å². The molecule has 1 saturated heterocycles. The van der Waals surface area contributed by atoms with E-state index in [0.717, 1.165) is 13.0 Å². The molecule has 6 nitrogen and oxygen atoms in total. The van der Waals surface area contributed by atoms with Crippen molar-refractivity contribution < 1.29 is 19.0 Å². The first-order valence-electron chi connectivity index (χ1n) is 6.34. The van der Waals surface area contributed by atoms with Gasteiger partial charge in [-0.1, -0.05) is 0 Å². The van der Waals surface area contributed by atoms with Crippen molar-refractivity contribution >= 4 is 11.7 Å². The fraction of sp³-hybridized carbons (Fsp3) is 0.538. The number of hydrogen-bond acceptors (Lipinski definition) is 6. The van der Waals surface area contributed by atoms with Gasteiger partial charge in [0.2, 0.25) is 5.88 Å². The van der Waals surface area contributed by atoms with E-state index in [1.165, 1.54) is 12.3 Å². The quantitative estimate of drug-likeness (QED) is 0.808. The van der Waals surface area contributed by atoms with Gasteiger partial charge in [-0.2, -0.15) is 0 Å². The van der Waals surface area contributed by atoms with E-state index in [2.05, 4.69) is 4.98 Å². The molecule has 1 fully saturated rings. The number of nitrogen functional groups attached to an aromatic ring is 1. The van der Waals surface area contributed by atoms with Gasteiger partial charge in [0, 0.05) is 18.6 Å². The number of hydrogen-bond donors (Lipinski definition) is 1. The van der Waals surface area contributed by atoms with Crippen LogP contribution in [0.2, 0.25) is 0 Å². The van der Waals surface area contributed by atoms with E-state index in [1.807, 2.05) is 0 Å². The summed E-state index contributed by atoms with van der Waals surface area (Å²) >= 11 is 0. The second kappa shape index (κ2) is 6.38. The molecule has 1 aliphatic heterocycles. The number of nitrogens with zero attached hydrogens (tertiary/aromatic N) is 1. The molecule has 2 heterocycles. The Morgan fingerprint density at radius 1 is 1.63 bits per heavy atom. The topological polar surface area (TPSA) is 83.7 Å². The first kappa shape index (κ1) is 13.6. The summed E-state index contributed by atoms with van der Waals surface area (Å²) in [6, 6.07) is 1.52. The van der Waals surface area contributed by atoms with Gasteiger partial charge in [0.05, 0.1) is 37.3 Å². The van der Waals surface area contributed by atoms with Crippen molar-refractivity contribution in [3.63, 3.8) is 0 Å². The Balaban J connectivity index is 2.00. The largest absolute Gasteiger partial charge is 0.477 e. The van der Waals surface area contributed by atoms with Crippen LogP contribution in [0.25, 0.3) is 0 Å².